The van der Waals surface area contributed by atoms with Gasteiger partial charge >= 0.3 is 0 Å². The number of carbonyl (C=O) groups is 2. The van der Waals surface area contributed by atoms with E-state index in [9.17, 15) is 9.59 Å². The van der Waals surface area contributed by atoms with Crippen molar-refractivity contribution in [3.8, 4) is 0 Å². The molecule has 0 aliphatic carbocycles. The molecule has 3 N–H and O–H groups in total. The van der Waals surface area contributed by atoms with Gasteiger partial charge in [-0.2, -0.15) is 0 Å². The number of hydrazine groups is 1. The van der Waals surface area contributed by atoms with E-state index in [0.717, 1.165) is 19.2 Å². The van der Waals surface area contributed by atoms with Gasteiger partial charge in [-0.1, -0.05) is 28.1 Å². The minimum absolute atomic E-state index is 0.0140. The van der Waals surface area contributed by atoms with Crippen LogP contribution in [0.5, 0.6) is 0 Å². The molecule has 25 heavy (non-hydrogen) atoms. The molecule has 0 radical (unpaired) electrons. The highest BCUT2D eigenvalue weighted by molar-refractivity contribution is 14.1. The van der Waals surface area contributed by atoms with E-state index in [2.05, 4.69) is 54.7 Å². The third kappa shape index (κ3) is 5.48. The number of nitrogens with one attached hydrogen (secondary N) is 3. The molecular weight excluding hydrogens is 517 g/mol. The van der Waals surface area contributed by atoms with Gasteiger partial charge in [0.2, 0.25) is 0 Å². The van der Waals surface area contributed by atoms with Crippen LogP contribution < -0.4 is 16.2 Å². The Balaban J connectivity index is 1.91. The summed E-state index contributed by atoms with van der Waals surface area (Å²) in [5.41, 5.74) is 8.06. The molecule has 2 aromatic rings. The van der Waals surface area contributed by atoms with Gasteiger partial charge in [0.25, 0.3) is 11.8 Å². The lowest BCUT2D eigenvalue weighted by Gasteiger charge is -2.11. The SMILES string of the molecule is Cc1ccc(C(=O)NNC(=S)NC(=O)c2ccc(C)c(I)c2)cc1Br. The number of hydrogen-bond acceptors (Lipinski definition) is 3. The van der Waals surface area contributed by atoms with E-state index >= 15 is 0 Å². The van der Waals surface area contributed by atoms with Crippen molar-refractivity contribution in [2.45, 2.75) is 13.8 Å². The lowest BCUT2D eigenvalue weighted by atomic mass is 10.1. The van der Waals surface area contributed by atoms with Crippen LogP contribution >= 0.6 is 50.7 Å². The zero-order valence-electron chi connectivity index (χ0n) is 13.4. The summed E-state index contributed by atoms with van der Waals surface area (Å²) in [5, 5.41) is 2.54. The summed E-state index contributed by atoms with van der Waals surface area (Å²) in [6.45, 7) is 3.90. The van der Waals surface area contributed by atoms with Crippen molar-refractivity contribution in [3.05, 3.63) is 66.7 Å². The van der Waals surface area contributed by atoms with E-state index in [0.29, 0.717) is 11.1 Å². The van der Waals surface area contributed by atoms with Gasteiger partial charge in [-0.05, 0) is 84.0 Å². The van der Waals surface area contributed by atoms with Gasteiger partial charge in [-0.3, -0.25) is 25.8 Å². The van der Waals surface area contributed by atoms with E-state index in [4.69, 9.17) is 12.2 Å². The van der Waals surface area contributed by atoms with E-state index in [1.165, 1.54) is 0 Å². The van der Waals surface area contributed by atoms with Crippen LogP contribution in [0.1, 0.15) is 31.8 Å². The number of benzene rings is 2. The molecule has 0 aliphatic heterocycles. The molecule has 0 heterocycles. The van der Waals surface area contributed by atoms with Crippen LogP contribution in [-0.2, 0) is 0 Å². The van der Waals surface area contributed by atoms with Crippen LogP contribution in [0.4, 0.5) is 0 Å². The number of halogens is 2. The molecule has 0 bridgehead atoms. The molecule has 130 valence electrons. The Morgan fingerprint density at radius 1 is 0.960 bits per heavy atom. The summed E-state index contributed by atoms with van der Waals surface area (Å²) >= 11 is 10.6. The van der Waals surface area contributed by atoms with Gasteiger partial charge in [0, 0.05) is 19.2 Å². The summed E-state index contributed by atoms with van der Waals surface area (Å²) in [6.07, 6.45) is 0. The number of carbonyl (C=O) groups excluding carboxylic acids is 2. The highest BCUT2D eigenvalue weighted by Gasteiger charge is 2.11. The quantitative estimate of drug-likeness (QED) is 0.314. The zero-order chi connectivity index (χ0) is 18.6. The maximum absolute atomic E-state index is 12.2. The Bertz CT molecular complexity index is 858. The number of amides is 2. The van der Waals surface area contributed by atoms with Gasteiger partial charge in [0.15, 0.2) is 5.11 Å². The summed E-state index contributed by atoms with van der Waals surface area (Å²) in [5.74, 6) is -0.704. The van der Waals surface area contributed by atoms with Crippen molar-refractivity contribution in [2.75, 3.05) is 0 Å². The van der Waals surface area contributed by atoms with Gasteiger partial charge in [-0.15, -0.1) is 0 Å². The predicted octanol–water partition coefficient (Wildman–Crippen LogP) is 3.62. The van der Waals surface area contributed by atoms with E-state index < -0.39 is 0 Å². The Labute approximate surface area is 173 Å². The summed E-state index contributed by atoms with van der Waals surface area (Å²) < 4.78 is 1.83. The standard InChI is InChI=1S/C17H15BrIN3O2S/c1-9-3-5-11(7-13(9)18)16(24)21-22-17(25)20-15(23)12-6-4-10(2)14(19)8-12/h3-8H,1-2H3,(H,21,24)(H2,20,22,23,25). The molecule has 8 heteroatoms. The Kier molecular flexibility index (Phi) is 6.91. The maximum atomic E-state index is 12.2. The third-order valence-electron chi connectivity index (χ3n) is 3.38. The Morgan fingerprint density at radius 2 is 1.56 bits per heavy atom. The fraction of sp³-hybridized carbons (Fsp3) is 0.118. The predicted molar refractivity (Wildman–Crippen MR) is 113 cm³/mol. The van der Waals surface area contributed by atoms with Crippen molar-refractivity contribution < 1.29 is 9.59 Å². The summed E-state index contributed by atoms with van der Waals surface area (Å²) in [7, 11) is 0. The Hall–Kier alpha value is -1.52. The van der Waals surface area contributed by atoms with E-state index in [-0.39, 0.29) is 16.9 Å². The molecule has 0 spiro atoms. The topological polar surface area (TPSA) is 70.2 Å². The molecule has 0 unspecified atom stereocenters. The van der Waals surface area contributed by atoms with Crippen molar-refractivity contribution in [2.24, 2.45) is 0 Å². The first kappa shape index (κ1) is 19.8. The smallest absolute Gasteiger partial charge is 0.269 e. The molecule has 0 aromatic heterocycles. The van der Waals surface area contributed by atoms with Crippen LogP contribution in [0.2, 0.25) is 0 Å². The van der Waals surface area contributed by atoms with Crippen molar-refractivity contribution >= 4 is 67.7 Å². The molecule has 0 aliphatic rings. The molecule has 2 aromatic carbocycles. The average Bonchev–Trinajstić information content (AvgIpc) is 2.57. The second-order valence-electron chi connectivity index (χ2n) is 5.29. The zero-order valence-corrected chi connectivity index (χ0v) is 18.0. The molecule has 0 atom stereocenters. The first-order chi connectivity index (χ1) is 11.8. The van der Waals surface area contributed by atoms with Gasteiger partial charge < -0.3 is 0 Å². The van der Waals surface area contributed by atoms with Crippen molar-refractivity contribution in [3.63, 3.8) is 0 Å². The summed E-state index contributed by atoms with van der Waals surface area (Å²) in [4.78, 5) is 24.2. The highest BCUT2D eigenvalue weighted by atomic mass is 127. The number of rotatable bonds is 2. The van der Waals surface area contributed by atoms with Crippen LogP contribution in [-0.4, -0.2) is 16.9 Å². The van der Waals surface area contributed by atoms with Crippen molar-refractivity contribution in [1.29, 1.82) is 0 Å². The highest BCUT2D eigenvalue weighted by Crippen LogP contribution is 2.17. The van der Waals surface area contributed by atoms with E-state index in [1.54, 1.807) is 24.3 Å². The first-order valence-electron chi connectivity index (χ1n) is 7.22. The monoisotopic (exact) mass is 531 g/mol. The van der Waals surface area contributed by atoms with E-state index in [1.807, 2.05) is 26.0 Å². The maximum Gasteiger partial charge on any atom is 0.269 e. The molecular formula is C17H15BrIN3O2S. The van der Waals surface area contributed by atoms with Crippen LogP contribution in [0.25, 0.3) is 0 Å². The van der Waals surface area contributed by atoms with Gasteiger partial charge in [0.05, 0.1) is 0 Å². The lowest BCUT2D eigenvalue weighted by molar-refractivity contribution is 0.0934. The summed E-state index contributed by atoms with van der Waals surface area (Å²) in [6, 6.07) is 10.6. The minimum atomic E-state index is -0.359. The second-order valence-corrected chi connectivity index (χ2v) is 7.72. The largest absolute Gasteiger partial charge is 0.298 e. The van der Waals surface area contributed by atoms with Gasteiger partial charge in [-0.25, -0.2) is 0 Å². The number of hydrogen-bond donors (Lipinski definition) is 3. The van der Waals surface area contributed by atoms with Crippen LogP contribution in [0.15, 0.2) is 40.9 Å². The lowest BCUT2D eigenvalue weighted by Crippen LogP contribution is -2.48. The molecule has 0 saturated heterocycles. The fourth-order valence-corrected chi connectivity index (χ4v) is 2.90. The molecule has 0 saturated carbocycles. The molecule has 2 rings (SSSR count). The normalized spacial score (nSPS) is 10.1. The first-order valence-corrected chi connectivity index (χ1v) is 9.50. The number of thiocarbonyl (C=S) groups is 1. The molecule has 2 amide bonds. The number of aryl methyl sites for hydroxylation is 2. The average molecular weight is 532 g/mol. The minimum Gasteiger partial charge on any atom is -0.298 e. The molecule has 5 nitrogen and oxygen atoms in total. The van der Waals surface area contributed by atoms with Crippen LogP contribution in [0, 0.1) is 17.4 Å². The van der Waals surface area contributed by atoms with Crippen molar-refractivity contribution in [1.82, 2.24) is 16.2 Å². The Morgan fingerprint density at radius 3 is 2.16 bits per heavy atom. The second kappa shape index (κ2) is 8.72. The van der Waals surface area contributed by atoms with Crippen LogP contribution in [0.3, 0.4) is 0 Å². The third-order valence-corrected chi connectivity index (χ3v) is 5.61. The molecule has 0 fully saturated rings. The van der Waals surface area contributed by atoms with Gasteiger partial charge in [0.1, 0.15) is 0 Å². The fourth-order valence-electron chi connectivity index (χ4n) is 1.86.